The molecule has 5 heteroatoms. The molecule has 0 aliphatic heterocycles. The lowest BCUT2D eigenvalue weighted by atomic mass is 10.1. The van der Waals surface area contributed by atoms with Crippen LogP contribution in [-0.2, 0) is 0 Å². The van der Waals surface area contributed by atoms with Crippen LogP contribution in [0.5, 0.6) is 0 Å². The molecule has 0 fully saturated rings. The maximum atomic E-state index is 13.0. The van der Waals surface area contributed by atoms with Gasteiger partial charge in [0.05, 0.1) is 5.71 Å². The Hall–Kier alpha value is -2.69. The summed E-state index contributed by atoms with van der Waals surface area (Å²) in [7, 11) is 0. The van der Waals surface area contributed by atoms with Crippen LogP contribution in [0, 0.1) is 5.82 Å². The predicted octanol–water partition coefficient (Wildman–Crippen LogP) is 4.22. The molecule has 0 aromatic heterocycles. The quantitative estimate of drug-likeness (QED) is 0.605. The molecule has 0 aliphatic rings. The van der Waals surface area contributed by atoms with Crippen LogP contribution < -0.4 is 10.3 Å². The first-order chi connectivity index (χ1) is 12.1. The summed E-state index contributed by atoms with van der Waals surface area (Å²) < 4.78 is 13.0. The van der Waals surface area contributed by atoms with E-state index in [0.29, 0.717) is 17.7 Å². The summed E-state index contributed by atoms with van der Waals surface area (Å²) >= 11 is 0. The summed E-state index contributed by atoms with van der Waals surface area (Å²) in [6.45, 7) is 7.97. The zero-order valence-corrected chi connectivity index (χ0v) is 14.9. The zero-order chi connectivity index (χ0) is 18.2. The van der Waals surface area contributed by atoms with E-state index in [4.69, 9.17) is 0 Å². The van der Waals surface area contributed by atoms with E-state index >= 15 is 0 Å². The molecule has 0 spiro atoms. The highest BCUT2D eigenvalue weighted by molar-refractivity contribution is 6.02. The van der Waals surface area contributed by atoms with Crippen molar-refractivity contribution < 1.29 is 9.18 Å². The minimum absolute atomic E-state index is 0.265. The summed E-state index contributed by atoms with van der Waals surface area (Å²) in [4.78, 5) is 14.5. The molecule has 0 radical (unpaired) electrons. The fourth-order valence-corrected chi connectivity index (χ4v) is 2.59. The van der Waals surface area contributed by atoms with Gasteiger partial charge in [0.25, 0.3) is 5.91 Å². The Labute approximate surface area is 148 Å². The standard InChI is InChI=1S/C20H24FN3O/c1-4-19(15-7-11-17(21)12-8-15)22-23-20(25)16-9-13-18(14-10-16)24(5-2)6-3/h7-14H,4-6H2,1-3H3,(H,23,25)/b22-19+. The first kappa shape index (κ1) is 18.6. The van der Waals surface area contributed by atoms with E-state index in [1.807, 2.05) is 19.1 Å². The molecule has 0 aliphatic carbocycles. The molecule has 1 N–H and O–H groups in total. The Balaban J connectivity index is 2.08. The second kappa shape index (κ2) is 8.97. The summed E-state index contributed by atoms with van der Waals surface area (Å²) in [5, 5.41) is 4.19. The van der Waals surface area contributed by atoms with Gasteiger partial charge in [-0.05, 0) is 62.2 Å². The lowest BCUT2D eigenvalue weighted by Gasteiger charge is -2.20. The van der Waals surface area contributed by atoms with Gasteiger partial charge in [0.1, 0.15) is 5.82 Å². The Morgan fingerprint density at radius 2 is 1.52 bits per heavy atom. The van der Waals surface area contributed by atoms with Crippen LogP contribution >= 0.6 is 0 Å². The first-order valence-electron chi connectivity index (χ1n) is 8.56. The molecule has 2 aromatic carbocycles. The number of hydrogen-bond donors (Lipinski definition) is 1. The van der Waals surface area contributed by atoms with Crippen LogP contribution in [0.3, 0.4) is 0 Å². The highest BCUT2D eigenvalue weighted by Gasteiger charge is 2.08. The monoisotopic (exact) mass is 341 g/mol. The Bertz CT molecular complexity index is 720. The SMILES string of the molecule is CC/C(=N\NC(=O)c1ccc(N(CC)CC)cc1)c1ccc(F)cc1. The van der Waals surface area contributed by atoms with E-state index < -0.39 is 0 Å². The molecule has 0 unspecified atom stereocenters. The fraction of sp³-hybridized carbons (Fsp3) is 0.300. The van der Waals surface area contributed by atoms with Crippen molar-refractivity contribution in [3.05, 3.63) is 65.5 Å². The minimum atomic E-state index is -0.295. The smallest absolute Gasteiger partial charge is 0.271 e. The van der Waals surface area contributed by atoms with E-state index in [2.05, 4.69) is 29.3 Å². The van der Waals surface area contributed by atoms with Crippen LogP contribution in [0.15, 0.2) is 53.6 Å². The highest BCUT2D eigenvalue weighted by Crippen LogP contribution is 2.15. The molecular formula is C20H24FN3O. The Kier molecular flexibility index (Phi) is 6.69. The van der Waals surface area contributed by atoms with Crippen molar-refractivity contribution in [3.63, 3.8) is 0 Å². The van der Waals surface area contributed by atoms with Gasteiger partial charge in [-0.25, -0.2) is 9.82 Å². The number of halogens is 1. The topological polar surface area (TPSA) is 44.7 Å². The molecule has 4 nitrogen and oxygen atoms in total. The molecule has 0 bridgehead atoms. The van der Waals surface area contributed by atoms with Gasteiger partial charge in [-0.1, -0.05) is 19.1 Å². The lowest BCUT2D eigenvalue weighted by Crippen LogP contribution is -2.22. The molecule has 0 atom stereocenters. The number of carbonyl (C=O) groups is 1. The number of hydrogen-bond acceptors (Lipinski definition) is 3. The number of anilines is 1. The van der Waals surface area contributed by atoms with Gasteiger partial charge < -0.3 is 4.90 Å². The van der Waals surface area contributed by atoms with Crippen molar-refractivity contribution in [2.45, 2.75) is 27.2 Å². The van der Waals surface area contributed by atoms with Gasteiger partial charge >= 0.3 is 0 Å². The minimum Gasteiger partial charge on any atom is -0.372 e. The summed E-state index contributed by atoms with van der Waals surface area (Å²) in [6.07, 6.45) is 0.632. The van der Waals surface area contributed by atoms with Crippen LogP contribution in [-0.4, -0.2) is 24.7 Å². The molecule has 2 rings (SSSR count). The highest BCUT2D eigenvalue weighted by atomic mass is 19.1. The van der Waals surface area contributed by atoms with Crippen molar-refractivity contribution in [3.8, 4) is 0 Å². The van der Waals surface area contributed by atoms with Crippen LogP contribution in [0.1, 0.15) is 43.1 Å². The third kappa shape index (κ3) is 4.89. The molecule has 1 amide bonds. The van der Waals surface area contributed by atoms with Crippen molar-refractivity contribution in [1.82, 2.24) is 5.43 Å². The average molecular weight is 341 g/mol. The third-order valence-electron chi connectivity index (χ3n) is 4.06. The number of nitrogens with zero attached hydrogens (tertiary/aromatic N) is 2. The molecule has 0 saturated heterocycles. The number of nitrogens with one attached hydrogen (secondary N) is 1. The number of benzene rings is 2. The molecule has 132 valence electrons. The summed E-state index contributed by atoms with van der Waals surface area (Å²) in [6, 6.07) is 13.5. The fourth-order valence-electron chi connectivity index (χ4n) is 2.59. The van der Waals surface area contributed by atoms with E-state index in [1.54, 1.807) is 24.3 Å². The van der Waals surface area contributed by atoms with Gasteiger partial charge in [0, 0.05) is 24.3 Å². The lowest BCUT2D eigenvalue weighted by molar-refractivity contribution is 0.0955. The normalized spacial score (nSPS) is 11.3. The van der Waals surface area contributed by atoms with Gasteiger partial charge in [0.2, 0.25) is 0 Å². The van der Waals surface area contributed by atoms with E-state index in [9.17, 15) is 9.18 Å². The number of hydrazone groups is 1. The maximum Gasteiger partial charge on any atom is 0.271 e. The predicted molar refractivity (Wildman–Crippen MR) is 101 cm³/mol. The van der Waals surface area contributed by atoms with Crippen molar-refractivity contribution in [2.24, 2.45) is 5.10 Å². The molecule has 0 saturated carbocycles. The van der Waals surface area contributed by atoms with E-state index in [1.165, 1.54) is 12.1 Å². The summed E-state index contributed by atoms with van der Waals surface area (Å²) in [5.41, 5.74) is 5.71. The van der Waals surface area contributed by atoms with Gasteiger partial charge in [-0.2, -0.15) is 5.10 Å². The molecular weight excluding hydrogens is 317 g/mol. The van der Waals surface area contributed by atoms with Gasteiger partial charge in [-0.3, -0.25) is 4.79 Å². The van der Waals surface area contributed by atoms with Crippen molar-refractivity contribution in [1.29, 1.82) is 0 Å². The summed E-state index contributed by atoms with van der Waals surface area (Å²) in [5.74, 6) is -0.560. The average Bonchev–Trinajstić information content (AvgIpc) is 2.65. The largest absolute Gasteiger partial charge is 0.372 e. The Morgan fingerprint density at radius 3 is 2.04 bits per heavy atom. The number of rotatable bonds is 7. The molecule has 0 heterocycles. The maximum absolute atomic E-state index is 13.0. The van der Waals surface area contributed by atoms with Crippen molar-refractivity contribution >= 4 is 17.3 Å². The molecule has 2 aromatic rings. The van der Waals surface area contributed by atoms with Crippen LogP contribution in [0.4, 0.5) is 10.1 Å². The van der Waals surface area contributed by atoms with Gasteiger partial charge in [0.15, 0.2) is 0 Å². The van der Waals surface area contributed by atoms with Crippen LogP contribution in [0.2, 0.25) is 0 Å². The number of amides is 1. The van der Waals surface area contributed by atoms with E-state index in [0.717, 1.165) is 24.3 Å². The number of carbonyl (C=O) groups excluding carboxylic acids is 1. The Morgan fingerprint density at radius 1 is 0.960 bits per heavy atom. The van der Waals surface area contributed by atoms with Crippen molar-refractivity contribution in [2.75, 3.05) is 18.0 Å². The molecule has 25 heavy (non-hydrogen) atoms. The first-order valence-corrected chi connectivity index (χ1v) is 8.56. The zero-order valence-electron chi connectivity index (χ0n) is 14.9. The van der Waals surface area contributed by atoms with Crippen LogP contribution in [0.25, 0.3) is 0 Å². The second-order valence-electron chi connectivity index (χ2n) is 5.58. The van der Waals surface area contributed by atoms with E-state index in [-0.39, 0.29) is 11.7 Å². The second-order valence-corrected chi connectivity index (χ2v) is 5.58. The third-order valence-corrected chi connectivity index (χ3v) is 4.06. The van der Waals surface area contributed by atoms with Gasteiger partial charge in [-0.15, -0.1) is 0 Å².